The summed E-state index contributed by atoms with van der Waals surface area (Å²) in [4.78, 5) is 48.6. The first-order valence-electron chi connectivity index (χ1n) is 11.3. The number of aliphatic carboxylic acids is 1. The Morgan fingerprint density at radius 3 is 2.19 bits per heavy atom. The predicted octanol–water partition coefficient (Wildman–Crippen LogP) is 2.00. The van der Waals surface area contributed by atoms with Gasteiger partial charge < -0.3 is 30.9 Å². The highest BCUT2D eigenvalue weighted by Gasteiger charge is 2.27. The average Bonchev–Trinajstić information content (AvgIpc) is 2.89. The van der Waals surface area contributed by atoms with Gasteiger partial charge in [-0.15, -0.1) is 0 Å². The summed E-state index contributed by atoms with van der Waals surface area (Å²) in [5.74, 6) is -2.72. The second-order valence-electron chi connectivity index (χ2n) is 8.18. The van der Waals surface area contributed by atoms with Crippen LogP contribution in [0.15, 0.2) is 66.7 Å². The molecule has 0 radical (unpaired) electrons. The van der Waals surface area contributed by atoms with Crippen molar-refractivity contribution >= 4 is 47.3 Å². The van der Waals surface area contributed by atoms with Crippen molar-refractivity contribution in [2.75, 3.05) is 12.3 Å². The Bertz CT molecular complexity index is 1270. The number of phenolic OH excluding ortho intramolecular Hbond substituents is 1. The first kappa shape index (κ1) is 27.3. The fourth-order valence-electron chi connectivity index (χ4n) is 3.49. The number of carbonyl (C=O) groups excluding carboxylic acids is 3. The summed E-state index contributed by atoms with van der Waals surface area (Å²) in [5, 5.41) is 27.5. The lowest BCUT2D eigenvalue weighted by molar-refractivity contribution is -0.138. The van der Waals surface area contributed by atoms with Crippen molar-refractivity contribution in [3.8, 4) is 5.75 Å². The van der Waals surface area contributed by atoms with Crippen molar-refractivity contribution in [3.05, 3.63) is 77.9 Å². The quantitative estimate of drug-likeness (QED) is 0.209. The van der Waals surface area contributed by atoms with Gasteiger partial charge in [0.2, 0.25) is 11.8 Å². The van der Waals surface area contributed by atoms with E-state index in [0.717, 1.165) is 16.3 Å². The number of amides is 3. The molecule has 0 aliphatic carbocycles. The third-order valence-electron chi connectivity index (χ3n) is 5.40. The lowest BCUT2D eigenvalue weighted by Crippen LogP contribution is -2.55. The van der Waals surface area contributed by atoms with E-state index in [4.69, 9.17) is 9.84 Å². The lowest BCUT2D eigenvalue weighted by Gasteiger charge is -2.22. The summed E-state index contributed by atoms with van der Waals surface area (Å²) >= 11 is 4.06. The van der Waals surface area contributed by atoms with Crippen LogP contribution in [0.1, 0.15) is 11.1 Å². The molecule has 3 amide bonds. The molecule has 3 rings (SSSR count). The zero-order chi connectivity index (χ0) is 26.8. The van der Waals surface area contributed by atoms with Gasteiger partial charge in [0.1, 0.15) is 31.0 Å². The number of carboxylic acids is 1. The van der Waals surface area contributed by atoms with Crippen LogP contribution in [0.4, 0.5) is 4.79 Å². The molecular formula is C26H27N3O7S. The van der Waals surface area contributed by atoms with Crippen LogP contribution in [0.2, 0.25) is 0 Å². The van der Waals surface area contributed by atoms with Gasteiger partial charge in [-0.3, -0.25) is 14.4 Å². The highest BCUT2D eigenvalue weighted by molar-refractivity contribution is 7.80. The number of fused-ring (bicyclic) bond motifs is 1. The first-order chi connectivity index (χ1) is 17.7. The number of benzene rings is 3. The molecule has 37 heavy (non-hydrogen) atoms. The third-order valence-corrected chi connectivity index (χ3v) is 5.76. The van der Waals surface area contributed by atoms with Gasteiger partial charge in [-0.1, -0.05) is 48.5 Å². The molecule has 0 spiro atoms. The Balaban J connectivity index is 1.67. The molecule has 10 nitrogen and oxygen atoms in total. The van der Waals surface area contributed by atoms with Gasteiger partial charge in [0.25, 0.3) is 0 Å². The van der Waals surface area contributed by atoms with E-state index in [1.165, 1.54) is 12.1 Å². The lowest BCUT2D eigenvalue weighted by atomic mass is 10.0. The fourth-order valence-corrected chi connectivity index (χ4v) is 3.75. The van der Waals surface area contributed by atoms with Crippen LogP contribution in [0.3, 0.4) is 0 Å². The third kappa shape index (κ3) is 8.43. The van der Waals surface area contributed by atoms with Gasteiger partial charge in [-0.2, -0.15) is 12.6 Å². The van der Waals surface area contributed by atoms with E-state index < -0.39 is 42.5 Å². The van der Waals surface area contributed by atoms with Crippen LogP contribution in [0.5, 0.6) is 5.75 Å². The minimum atomic E-state index is -1.24. The number of nitrogens with one attached hydrogen (secondary N) is 3. The number of ether oxygens (including phenoxy) is 1. The maximum atomic E-state index is 13.0. The fraction of sp³-hybridized carbons (Fsp3) is 0.231. The number of carboxylic acid groups (broad SMARTS) is 1. The number of rotatable bonds is 11. The van der Waals surface area contributed by atoms with Crippen molar-refractivity contribution in [1.82, 2.24) is 16.0 Å². The molecule has 2 atom stereocenters. The van der Waals surface area contributed by atoms with E-state index >= 15 is 0 Å². The molecule has 3 aromatic carbocycles. The highest BCUT2D eigenvalue weighted by atomic mass is 32.1. The second-order valence-corrected chi connectivity index (χ2v) is 8.55. The maximum Gasteiger partial charge on any atom is 0.408 e. The van der Waals surface area contributed by atoms with E-state index in [0.29, 0.717) is 5.56 Å². The van der Waals surface area contributed by atoms with Crippen LogP contribution < -0.4 is 16.0 Å². The van der Waals surface area contributed by atoms with Gasteiger partial charge in [0.05, 0.1) is 0 Å². The zero-order valence-corrected chi connectivity index (χ0v) is 20.6. The van der Waals surface area contributed by atoms with Crippen LogP contribution in [-0.2, 0) is 32.1 Å². The Morgan fingerprint density at radius 2 is 1.51 bits per heavy atom. The van der Waals surface area contributed by atoms with E-state index in [-0.39, 0.29) is 24.5 Å². The Kier molecular flexibility index (Phi) is 9.73. The van der Waals surface area contributed by atoms with E-state index in [9.17, 15) is 24.3 Å². The molecule has 0 unspecified atom stereocenters. The Labute approximate surface area is 218 Å². The van der Waals surface area contributed by atoms with Crippen molar-refractivity contribution in [2.45, 2.75) is 25.1 Å². The van der Waals surface area contributed by atoms with E-state index in [2.05, 4.69) is 28.6 Å². The number of phenols is 1. The topological polar surface area (TPSA) is 154 Å². The molecule has 11 heteroatoms. The van der Waals surface area contributed by atoms with Crippen LogP contribution in [0.25, 0.3) is 10.8 Å². The van der Waals surface area contributed by atoms with Crippen molar-refractivity contribution in [1.29, 1.82) is 0 Å². The summed E-state index contributed by atoms with van der Waals surface area (Å²) in [6.07, 6.45) is -0.808. The zero-order valence-electron chi connectivity index (χ0n) is 19.7. The smallest absolute Gasteiger partial charge is 0.408 e. The Hall–Kier alpha value is -4.25. The van der Waals surface area contributed by atoms with E-state index in [1.54, 1.807) is 12.1 Å². The standard InChI is InChI=1S/C26H27N3O7S/c30-20-9-6-16(7-10-20)12-21(25(34)28-22(15-37)24(33)27-13-23(31)32)29-26(35)36-14-17-5-8-18-3-1-2-4-19(18)11-17/h1-11,21-22,30,37H,12-15H2,(H,27,33)(H,28,34)(H,29,35)(H,31,32)/t21-,22-/m0/s1. The molecule has 0 aromatic heterocycles. The molecule has 0 aliphatic rings. The average molecular weight is 526 g/mol. The summed E-state index contributed by atoms with van der Waals surface area (Å²) in [6, 6.07) is 17.2. The first-order valence-corrected chi connectivity index (χ1v) is 12.0. The minimum Gasteiger partial charge on any atom is -0.508 e. The Morgan fingerprint density at radius 1 is 0.838 bits per heavy atom. The van der Waals surface area contributed by atoms with Gasteiger partial charge in [0.15, 0.2) is 0 Å². The number of carbonyl (C=O) groups is 4. The van der Waals surface area contributed by atoms with Crippen molar-refractivity contribution < 1.29 is 34.1 Å². The van der Waals surface area contributed by atoms with Gasteiger partial charge in [0, 0.05) is 12.2 Å². The van der Waals surface area contributed by atoms with Gasteiger partial charge in [-0.25, -0.2) is 4.79 Å². The number of aromatic hydroxyl groups is 1. The van der Waals surface area contributed by atoms with Gasteiger partial charge in [-0.05, 0) is 40.1 Å². The molecule has 0 saturated heterocycles. The normalized spacial score (nSPS) is 12.2. The van der Waals surface area contributed by atoms with Crippen LogP contribution >= 0.6 is 12.6 Å². The predicted molar refractivity (Wildman–Crippen MR) is 139 cm³/mol. The molecular weight excluding hydrogens is 498 g/mol. The summed E-state index contributed by atoms with van der Waals surface area (Å²) < 4.78 is 5.33. The summed E-state index contributed by atoms with van der Waals surface area (Å²) in [5.41, 5.74) is 1.39. The molecule has 0 saturated carbocycles. The second kappa shape index (κ2) is 13.2. The van der Waals surface area contributed by atoms with Gasteiger partial charge >= 0.3 is 12.1 Å². The number of hydrogen-bond acceptors (Lipinski definition) is 7. The molecule has 194 valence electrons. The van der Waals surface area contributed by atoms with E-state index in [1.807, 2.05) is 42.5 Å². The molecule has 0 heterocycles. The summed E-state index contributed by atoms with van der Waals surface area (Å²) in [7, 11) is 0. The number of thiol groups is 1. The minimum absolute atomic E-state index is 0.0267. The van der Waals surface area contributed by atoms with Crippen molar-refractivity contribution in [2.24, 2.45) is 0 Å². The van der Waals surface area contributed by atoms with Crippen molar-refractivity contribution in [3.63, 3.8) is 0 Å². The molecule has 5 N–H and O–H groups in total. The monoisotopic (exact) mass is 525 g/mol. The molecule has 0 aliphatic heterocycles. The van der Waals surface area contributed by atoms with Crippen LogP contribution in [-0.4, -0.2) is 58.5 Å². The summed E-state index contributed by atoms with van der Waals surface area (Å²) in [6.45, 7) is -0.643. The number of alkyl carbamates (subject to hydrolysis) is 1. The molecule has 0 fully saturated rings. The SMILES string of the molecule is O=C(O)CNC(=O)[C@H](CS)NC(=O)[C@H](Cc1ccc(O)cc1)NC(=O)OCc1ccc2ccccc2c1. The highest BCUT2D eigenvalue weighted by Crippen LogP contribution is 2.16. The number of hydrogen-bond donors (Lipinski definition) is 6. The van der Waals surface area contributed by atoms with Crippen LogP contribution in [0, 0.1) is 0 Å². The maximum absolute atomic E-state index is 13.0. The largest absolute Gasteiger partial charge is 0.508 e. The molecule has 3 aromatic rings. The molecule has 0 bridgehead atoms.